The van der Waals surface area contributed by atoms with Crippen molar-refractivity contribution in [2.75, 3.05) is 20.3 Å². The normalized spacial score (nSPS) is 18.5. The van der Waals surface area contributed by atoms with E-state index in [0.717, 1.165) is 0 Å². The van der Waals surface area contributed by atoms with Gasteiger partial charge in [-0.25, -0.2) is 0 Å². The summed E-state index contributed by atoms with van der Waals surface area (Å²) in [4.78, 5) is 26.4. The summed E-state index contributed by atoms with van der Waals surface area (Å²) >= 11 is 5.87. The number of ketones is 1. The molecule has 146 valence electrons. The first-order valence-electron chi connectivity index (χ1n) is 8.41. The maximum Gasteiger partial charge on any atom is 0.295 e. The summed E-state index contributed by atoms with van der Waals surface area (Å²) in [6.07, 6.45) is 0. The first-order valence-corrected chi connectivity index (χ1v) is 8.79. The minimum Gasteiger partial charge on any atom is -0.507 e. The Morgan fingerprint density at radius 1 is 1.18 bits per heavy atom. The first kappa shape index (κ1) is 19.7. The number of carbonyl (C=O) groups excluding carboxylic acids is 2. The second-order valence-corrected chi connectivity index (χ2v) is 6.59. The average molecular weight is 404 g/mol. The van der Waals surface area contributed by atoms with E-state index in [2.05, 4.69) is 0 Å². The molecule has 0 aromatic heterocycles. The SMILES string of the molecule is COc1cc([C@@H]2/C(=C(\O)c3ccc(Cl)cc3)C(=O)C(=O)N2CCO)ccc1O. The van der Waals surface area contributed by atoms with Gasteiger partial charge in [-0.2, -0.15) is 0 Å². The van der Waals surface area contributed by atoms with Crippen molar-refractivity contribution in [3.8, 4) is 11.5 Å². The third kappa shape index (κ3) is 3.42. The second kappa shape index (κ2) is 7.92. The molecule has 0 saturated carbocycles. The van der Waals surface area contributed by atoms with Crippen LogP contribution in [0.1, 0.15) is 17.2 Å². The van der Waals surface area contributed by atoms with Crippen LogP contribution in [0.4, 0.5) is 0 Å². The molecule has 3 rings (SSSR count). The van der Waals surface area contributed by atoms with Crippen molar-refractivity contribution in [1.29, 1.82) is 0 Å². The van der Waals surface area contributed by atoms with Gasteiger partial charge in [-0.1, -0.05) is 17.7 Å². The Bertz CT molecular complexity index is 954. The van der Waals surface area contributed by atoms with Crippen LogP contribution in [0.3, 0.4) is 0 Å². The van der Waals surface area contributed by atoms with Gasteiger partial charge in [0.05, 0.1) is 25.3 Å². The maximum atomic E-state index is 12.7. The molecule has 0 aliphatic carbocycles. The third-order valence-electron chi connectivity index (χ3n) is 4.52. The molecule has 8 heteroatoms. The quantitative estimate of drug-likeness (QED) is 0.402. The number of rotatable bonds is 5. The molecule has 0 radical (unpaired) electrons. The number of hydrogen-bond donors (Lipinski definition) is 3. The molecule has 0 unspecified atom stereocenters. The zero-order valence-electron chi connectivity index (χ0n) is 14.9. The molecule has 0 spiro atoms. The highest BCUT2D eigenvalue weighted by molar-refractivity contribution is 6.46. The number of aromatic hydroxyl groups is 1. The van der Waals surface area contributed by atoms with E-state index in [1.165, 1.54) is 42.3 Å². The van der Waals surface area contributed by atoms with E-state index >= 15 is 0 Å². The number of methoxy groups -OCH3 is 1. The number of aliphatic hydroxyl groups is 2. The minimum atomic E-state index is -0.947. The predicted molar refractivity (Wildman–Crippen MR) is 102 cm³/mol. The van der Waals surface area contributed by atoms with E-state index in [0.29, 0.717) is 16.1 Å². The number of nitrogens with zero attached hydrogens (tertiary/aromatic N) is 1. The van der Waals surface area contributed by atoms with Gasteiger partial charge in [-0.15, -0.1) is 0 Å². The van der Waals surface area contributed by atoms with Crippen LogP contribution in [-0.4, -0.2) is 52.2 Å². The summed E-state index contributed by atoms with van der Waals surface area (Å²) in [5, 5.41) is 30.4. The van der Waals surface area contributed by atoms with Crippen molar-refractivity contribution in [3.05, 3.63) is 64.2 Å². The lowest BCUT2D eigenvalue weighted by atomic mass is 9.95. The van der Waals surface area contributed by atoms with Gasteiger partial charge in [0.1, 0.15) is 5.76 Å². The monoisotopic (exact) mass is 403 g/mol. The summed E-state index contributed by atoms with van der Waals surface area (Å²) < 4.78 is 5.11. The number of ether oxygens (including phenoxy) is 1. The maximum absolute atomic E-state index is 12.7. The lowest BCUT2D eigenvalue weighted by Gasteiger charge is -2.25. The molecule has 1 fully saturated rings. The fourth-order valence-electron chi connectivity index (χ4n) is 3.19. The van der Waals surface area contributed by atoms with Crippen LogP contribution < -0.4 is 4.74 Å². The lowest BCUT2D eigenvalue weighted by molar-refractivity contribution is -0.140. The van der Waals surface area contributed by atoms with Crippen LogP contribution >= 0.6 is 11.6 Å². The molecule has 0 bridgehead atoms. The Hall–Kier alpha value is -3.03. The van der Waals surface area contributed by atoms with Crippen LogP contribution in [0.2, 0.25) is 5.02 Å². The molecule has 2 aromatic carbocycles. The fourth-order valence-corrected chi connectivity index (χ4v) is 3.32. The largest absolute Gasteiger partial charge is 0.507 e. The molecule has 28 heavy (non-hydrogen) atoms. The average Bonchev–Trinajstić information content (AvgIpc) is 2.94. The van der Waals surface area contributed by atoms with Crippen LogP contribution in [0.5, 0.6) is 11.5 Å². The number of amides is 1. The number of carbonyl (C=O) groups is 2. The Balaban J connectivity index is 2.20. The molecule has 1 aliphatic rings. The van der Waals surface area contributed by atoms with E-state index in [9.17, 15) is 24.9 Å². The zero-order chi connectivity index (χ0) is 20.4. The summed E-state index contributed by atoms with van der Waals surface area (Å²) in [5.41, 5.74) is 0.647. The van der Waals surface area contributed by atoms with Gasteiger partial charge in [0.25, 0.3) is 11.7 Å². The van der Waals surface area contributed by atoms with Gasteiger partial charge < -0.3 is 25.0 Å². The van der Waals surface area contributed by atoms with E-state index < -0.39 is 17.7 Å². The number of likely N-dealkylation sites (tertiary alicyclic amines) is 1. The van der Waals surface area contributed by atoms with Gasteiger partial charge in [0, 0.05) is 17.1 Å². The fraction of sp³-hybridized carbons (Fsp3) is 0.200. The summed E-state index contributed by atoms with van der Waals surface area (Å²) in [5.74, 6) is -2.01. The standard InChI is InChI=1S/C20H18ClNO6/c1-28-15-10-12(4-7-14(15)24)17-16(19(26)20(27)22(17)8-9-23)18(25)11-2-5-13(21)6-3-11/h2-7,10,17,23-25H,8-9H2,1H3/b18-16+/t17-/m1/s1. The number of aliphatic hydroxyl groups excluding tert-OH is 2. The Kier molecular flexibility index (Phi) is 5.58. The molecule has 1 atom stereocenters. The van der Waals surface area contributed by atoms with Crippen LogP contribution in [0, 0.1) is 0 Å². The number of hydrogen-bond acceptors (Lipinski definition) is 6. The van der Waals surface area contributed by atoms with Crippen molar-refractivity contribution < 1.29 is 29.6 Å². The molecule has 7 nitrogen and oxygen atoms in total. The highest BCUT2D eigenvalue weighted by atomic mass is 35.5. The smallest absolute Gasteiger partial charge is 0.295 e. The predicted octanol–water partition coefficient (Wildman–Crippen LogP) is 2.47. The summed E-state index contributed by atoms with van der Waals surface area (Å²) in [6, 6.07) is 9.60. The number of benzene rings is 2. The van der Waals surface area contributed by atoms with Crippen LogP contribution in [-0.2, 0) is 9.59 Å². The van der Waals surface area contributed by atoms with E-state index in [1.54, 1.807) is 12.1 Å². The molecule has 1 amide bonds. The molecule has 1 aliphatic heterocycles. The van der Waals surface area contributed by atoms with E-state index in [-0.39, 0.29) is 36.0 Å². The van der Waals surface area contributed by atoms with E-state index in [4.69, 9.17) is 16.3 Å². The van der Waals surface area contributed by atoms with E-state index in [1.807, 2.05) is 0 Å². The highest BCUT2D eigenvalue weighted by Gasteiger charge is 2.46. The van der Waals surface area contributed by atoms with Gasteiger partial charge >= 0.3 is 0 Å². The molecular weight excluding hydrogens is 386 g/mol. The Morgan fingerprint density at radius 2 is 1.86 bits per heavy atom. The van der Waals surface area contributed by atoms with Crippen molar-refractivity contribution >= 4 is 29.1 Å². The lowest BCUT2D eigenvalue weighted by Crippen LogP contribution is -2.32. The number of Topliss-reactive ketones (excluding diaryl/α,β-unsaturated/α-hetero) is 1. The van der Waals surface area contributed by atoms with Gasteiger partial charge in [-0.05, 0) is 42.0 Å². The molecule has 2 aromatic rings. The van der Waals surface area contributed by atoms with Gasteiger partial charge in [0.15, 0.2) is 11.5 Å². The third-order valence-corrected chi connectivity index (χ3v) is 4.77. The number of β-amino-alcohol motifs (C(OH)–C–C–N with tert-alkyl or cyclic N) is 1. The summed E-state index contributed by atoms with van der Waals surface area (Å²) in [7, 11) is 1.37. The highest BCUT2D eigenvalue weighted by Crippen LogP contribution is 2.41. The van der Waals surface area contributed by atoms with Crippen molar-refractivity contribution in [1.82, 2.24) is 4.90 Å². The molecule has 3 N–H and O–H groups in total. The van der Waals surface area contributed by atoms with Crippen molar-refractivity contribution in [2.24, 2.45) is 0 Å². The Morgan fingerprint density at radius 3 is 2.46 bits per heavy atom. The minimum absolute atomic E-state index is 0.101. The van der Waals surface area contributed by atoms with Crippen LogP contribution in [0.25, 0.3) is 5.76 Å². The van der Waals surface area contributed by atoms with Crippen molar-refractivity contribution in [3.63, 3.8) is 0 Å². The Labute approximate surface area is 166 Å². The zero-order valence-corrected chi connectivity index (χ0v) is 15.7. The number of halogens is 1. The van der Waals surface area contributed by atoms with Crippen molar-refractivity contribution in [2.45, 2.75) is 6.04 Å². The van der Waals surface area contributed by atoms with Gasteiger partial charge in [-0.3, -0.25) is 9.59 Å². The second-order valence-electron chi connectivity index (χ2n) is 6.15. The van der Waals surface area contributed by atoms with Gasteiger partial charge in [0.2, 0.25) is 0 Å². The summed E-state index contributed by atoms with van der Waals surface area (Å²) in [6.45, 7) is -0.463. The topological polar surface area (TPSA) is 107 Å². The number of phenols is 1. The number of phenolic OH excluding ortho intramolecular Hbond substituents is 1. The van der Waals surface area contributed by atoms with Crippen LogP contribution in [0.15, 0.2) is 48.0 Å². The molecule has 1 heterocycles. The molecule has 1 saturated heterocycles. The first-order chi connectivity index (χ1) is 13.4. The molecular formula is C20H18ClNO6.